The summed E-state index contributed by atoms with van der Waals surface area (Å²) in [4.78, 5) is 0. The van der Waals surface area contributed by atoms with Crippen LogP contribution in [0.1, 0.15) is 43.4 Å². The monoisotopic (exact) mass is 560 g/mol. The zero-order valence-electron chi connectivity index (χ0n) is 20.0. The van der Waals surface area contributed by atoms with Crippen LogP contribution in [0.5, 0.6) is 0 Å². The van der Waals surface area contributed by atoms with Gasteiger partial charge >= 0.3 is 26.2 Å². The summed E-state index contributed by atoms with van der Waals surface area (Å²) >= 11 is 0. The molecule has 0 N–H and O–H groups in total. The average molecular weight is 563 g/mol. The molecule has 0 radical (unpaired) electrons. The van der Waals surface area contributed by atoms with Gasteiger partial charge in [0.05, 0.1) is 0 Å². The summed E-state index contributed by atoms with van der Waals surface area (Å²) < 4.78 is 0. The van der Waals surface area contributed by atoms with Crippen LogP contribution in [0.2, 0.25) is 0 Å². The Morgan fingerprint density at radius 3 is 2.35 bits per heavy atom. The van der Waals surface area contributed by atoms with Gasteiger partial charge < -0.3 is 32.2 Å². The van der Waals surface area contributed by atoms with Gasteiger partial charge in [0.1, 0.15) is 0 Å². The van der Waals surface area contributed by atoms with Crippen molar-refractivity contribution in [1.82, 2.24) is 0 Å². The molecule has 0 saturated carbocycles. The Kier molecular flexibility index (Phi) is 8.85. The molecule has 0 amide bonds. The number of benzene rings is 4. The van der Waals surface area contributed by atoms with Gasteiger partial charge in [-0.15, -0.1) is 40.6 Å². The molecule has 2 aliphatic carbocycles. The van der Waals surface area contributed by atoms with Crippen LogP contribution in [0.25, 0.3) is 32.7 Å². The standard InChI is InChI=1S/C30H25.CH3.2ClH.Zr/c1-30(2,3)21-16-15-20(17-21)23-13-8-14-26-28(23)25-12-7-6-11-24(25)27-18-19-9-4-5-10-22(19)29(26)27;;;;/h4-10,12-17,20H,18H2,1-3H3;1H3;2*1H;/q2*-1;;;+4/p-2. The maximum atomic E-state index is 3.60. The first-order valence-electron chi connectivity index (χ1n) is 10.9. The first kappa shape index (κ1) is 28.6. The first-order chi connectivity index (χ1) is 14.5. The van der Waals surface area contributed by atoms with Crippen LogP contribution < -0.4 is 24.8 Å². The van der Waals surface area contributed by atoms with Crippen molar-refractivity contribution in [2.24, 2.45) is 5.41 Å². The Hall–Kier alpha value is -1.66. The Balaban J connectivity index is 0.00000102. The molecule has 0 nitrogen and oxygen atoms in total. The van der Waals surface area contributed by atoms with Crippen molar-refractivity contribution in [3.05, 3.63) is 115 Å². The number of hydrogen-bond acceptors (Lipinski definition) is 0. The largest absolute Gasteiger partial charge is 4.00 e. The second-order valence-electron chi connectivity index (χ2n) is 9.67. The summed E-state index contributed by atoms with van der Waals surface area (Å²) in [6.07, 6.45) is 8.14. The predicted molar refractivity (Wildman–Crippen MR) is 134 cm³/mol. The van der Waals surface area contributed by atoms with E-state index in [1.54, 1.807) is 0 Å². The van der Waals surface area contributed by atoms with Crippen molar-refractivity contribution >= 4 is 21.5 Å². The average Bonchev–Trinajstić information content (AvgIpc) is 3.39. The molecule has 4 aromatic carbocycles. The van der Waals surface area contributed by atoms with E-state index in [1.165, 1.54) is 54.9 Å². The van der Waals surface area contributed by atoms with Gasteiger partial charge in [-0.25, -0.2) is 0 Å². The summed E-state index contributed by atoms with van der Waals surface area (Å²) in [7, 11) is 0. The molecular weight excluding hydrogens is 534 g/mol. The smallest absolute Gasteiger partial charge is 1.00 e. The van der Waals surface area contributed by atoms with E-state index in [1.807, 2.05) is 0 Å². The molecule has 1 atom stereocenters. The van der Waals surface area contributed by atoms with Gasteiger partial charge in [-0.05, 0) is 50.4 Å². The topological polar surface area (TPSA) is 0 Å². The fourth-order valence-corrected chi connectivity index (χ4v) is 5.34. The van der Waals surface area contributed by atoms with Gasteiger partial charge in [-0.1, -0.05) is 81.5 Å². The quantitative estimate of drug-likeness (QED) is 0.218. The van der Waals surface area contributed by atoms with Gasteiger partial charge in [-0.3, -0.25) is 0 Å². The second-order valence-corrected chi connectivity index (χ2v) is 9.67. The minimum atomic E-state index is 0. The molecule has 4 aromatic rings. The Morgan fingerprint density at radius 2 is 1.62 bits per heavy atom. The van der Waals surface area contributed by atoms with E-state index in [0.717, 1.165) is 6.42 Å². The molecule has 0 aromatic heterocycles. The van der Waals surface area contributed by atoms with Gasteiger partial charge in [0, 0.05) is 5.92 Å². The molecule has 34 heavy (non-hydrogen) atoms. The van der Waals surface area contributed by atoms with E-state index in [4.69, 9.17) is 0 Å². The summed E-state index contributed by atoms with van der Waals surface area (Å²) in [5.74, 6) is 0.320. The number of fused-ring (bicyclic) bond motifs is 8. The maximum absolute atomic E-state index is 3.60. The molecule has 6 rings (SSSR count). The maximum Gasteiger partial charge on any atom is 4.00 e. The molecule has 0 fully saturated rings. The predicted octanol–water partition coefficient (Wildman–Crippen LogP) is 2.45. The number of rotatable bonds is 1. The third kappa shape index (κ3) is 4.37. The fraction of sp³-hybridized carbons (Fsp3) is 0.194. The van der Waals surface area contributed by atoms with E-state index >= 15 is 0 Å². The molecular formula is C31H28Cl2Zr. The fourth-order valence-electron chi connectivity index (χ4n) is 5.34. The molecule has 3 heteroatoms. The molecule has 0 saturated heterocycles. The zero-order valence-corrected chi connectivity index (χ0v) is 24.0. The van der Waals surface area contributed by atoms with Crippen LogP contribution in [0.15, 0.2) is 84.5 Å². The molecule has 0 heterocycles. The Bertz CT molecular complexity index is 1410. The number of halogens is 2. The van der Waals surface area contributed by atoms with E-state index in [0.29, 0.717) is 5.92 Å². The first-order valence-corrected chi connectivity index (χ1v) is 10.9. The molecule has 0 bridgehead atoms. The van der Waals surface area contributed by atoms with Gasteiger partial charge in [0.2, 0.25) is 0 Å². The Morgan fingerprint density at radius 1 is 0.882 bits per heavy atom. The van der Waals surface area contributed by atoms with Gasteiger partial charge in [0.15, 0.2) is 0 Å². The van der Waals surface area contributed by atoms with E-state index in [2.05, 4.69) is 106 Å². The van der Waals surface area contributed by atoms with E-state index < -0.39 is 0 Å². The van der Waals surface area contributed by atoms with E-state index in [-0.39, 0.29) is 63.9 Å². The van der Waals surface area contributed by atoms with Crippen LogP contribution in [-0.4, -0.2) is 0 Å². The van der Waals surface area contributed by atoms with Crippen molar-refractivity contribution in [3.63, 3.8) is 0 Å². The summed E-state index contributed by atoms with van der Waals surface area (Å²) in [6.45, 7) is 6.88. The van der Waals surface area contributed by atoms with Crippen LogP contribution >= 0.6 is 0 Å². The van der Waals surface area contributed by atoms with Crippen LogP contribution in [0.3, 0.4) is 0 Å². The minimum Gasteiger partial charge on any atom is -1.00 e. The molecule has 170 valence electrons. The van der Waals surface area contributed by atoms with Crippen LogP contribution in [0, 0.1) is 18.9 Å². The van der Waals surface area contributed by atoms with Gasteiger partial charge in [-0.2, -0.15) is 0 Å². The third-order valence-corrected chi connectivity index (χ3v) is 6.82. The van der Waals surface area contributed by atoms with Crippen LogP contribution in [0.4, 0.5) is 0 Å². The third-order valence-electron chi connectivity index (χ3n) is 6.82. The normalized spacial score (nSPS) is 15.4. The summed E-state index contributed by atoms with van der Waals surface area (Å²) in [5, 5.41) is 5.39. The number of allylic oxidation sites excluding steroid dienone is 4. The van der Waals surface area contributed by atoms with Crippen molar-refractivity contribution in [1.29, 1.82) is 0 Å². The van der Waals surface area contributed by atoms with Gasteiger partial charge in [0.25, 0.3) is 0 Å². The van der Waals surface area contributed by atoms with Crippen LogP contribution in [-0.2, 0) is 32.6 Å². The molecule has 0 spiro atoms. The van der Waals surface area contributed by atoms with Crippen molar-refractivity contribution in [3.8, 4) is 11.1 Å². The minimum absolute atomic E-state index is 0. The second kappa shape index (κ2) is 10.5. The molecule has 2 aliphatic rings. The number of hydrogen-bond donors (Lipinski definition) is 0. The zero-order chi connectivity index (χ0) is 20.5. The SMILES string of the molecule is CC(C)(C)C1=CC(c2cccc3c4c(c5[c-]cccc5c23)Cc2ccccc2-4)C=C1.[CH3-].[Cl-].[Cl-].[Zr+4]. The molecule has 1 unspecified atom stereocenters. The summed E-state index contributed by atoms with van der Waals surface area (Å²) in [5.41, 5.74) is 8.67. The molecule has 0 aliphatic heterocycles. The van der Waals surface area contributed by atoms with Crippen molar-refractivity contribution in [2.75, 3.05) is 0 Å². The van der Waals surface area contributed by atoms with Crippen molar-refractivity contribution in [2.45, 2.75) is 33.1 Å². The van der Waals surface area contributed by atoms with E-state index in [9.17, 15) is 0 Å². The Labute approximate surface area is 235 Å². The summed E-state index contributed by atoms with van der Waals surface area (Å²) in [6, 6.07) is 25.8. The van der Waals surface area contributed by atoms with Crippen molar-refractivity contribution < 1.29 is 51.0 Å².